The Bertz CT molecular complexity index is 341. The van der Waals surface area contributed by atoms with E-state index in [1.54, 1.807) is 7.11 Å². The maximum atomic E-state index is 6.57. The van der Waals surface area contributed by atoms with Gasteiger partial charge in [0.2, 0.25) is 0 Å². The minimum absolute atomic E-state index is 0.178. The molecule has 0 saturated carbocycles. The summed E-state index contributed by atoms with van der Waals surface area (Å²) in [4.78, 5) is 0. The zero-order valence-corrected chi connectivity index (χ0v) is 20.2. The largest absolute Gasteiger partial charge is 0.437 e. The van der Waals surface area contributed by atoms with Crippen molar-refractivity contribution in [1.29, 1.82) is 0 Å². The maximum Gasteiger partial charge on any atom is 0.311 e. The molecule has 0 amide bonds. The zero-order valence-electron chi connectivity index (χ0n) is 17.2. The van der Waals surface area contributed by atoms with Crippen molar-refractivity contribution in [1.82, 2.24) is 0 Å². The summed E-state index contributed by atoms with van der Waals surface area (Å²) in [5.41, 5.74) is 6.54. The topological polar surface area (TPSA) is 62.9 Å². The Morgan fingerprint density at radius 3 is 2.08 bits per heavy atom. The standard InChI is InChI=1S/C16H41NO4Si3/c1-9-11-16(17)23(5,6)21-24(7,8)20-22(3,4)15-10-12-19-14-13-18-2/h16H,9-15,17H2,1-8H3. The van der Waals surface area contributed by atoms with Crippen LogP contribution in [0.5, 0.6) is 0 Å². The van der Waals surface area contributed by atoms with Gasteiger partial charge in [-0.25, -0.2) is 0 Å². The Hall–Kier alpha value is 0.451. The molecule has 0 aliphatic carbocycles. The van der Waals surface area contributed by atoms with E-state index in [4.69, 9.17) is 23.4 Å². The summed E-state index contributed by atoms with van der Waals surface area (Å²) >= 11 is 0. The van der Waals surface area contributed by atoms with Crippen molar-refractivity contribution in [2.24, 2.45) is 5.73 Å². The van der Waals surface area contributed by atoms with E-state index in [1.165, 1.54) is 0 Å². The Balaban J connectivity index is 4.38. The van der Waals surface area contributed by atoms with Gasteiger partial charge < -0.3 is 23.4 Å². The van der Waals surface area contributed by atoms with Gasteiger partial charge in [0.15, 0.2) is 16.6 Å². The number of rotatable bonds is 14. The summed E-state index contributed by atoms with van der Waals surface area (Å²) < 4.78 is 23.7. The van der Waals surface area contributed by atoms with Gasteiger partial charge >= 0.3 is 8.56 Å². The molecule has 0 spiro atoms. The van der Waals surface area contributed by atoms with E-state index in [9.17, 15) is 0 Å². The first-order chi connectivity index (χ1) is 11.0. The normalized spacial score (nSPS) is 14.9. The van der Waals surface area contributed by atoms with Crippen LogP contribution in [0.15, 0.2) is 0 Å². The molecule has 5 nitrogen and oxygen atoms in total. The Morgan fingerprint density at radius 2 is 1.54 bits per heavy atom. The number of methoxy groups -OCH3 is 1. The van der Waals surface area contributed by atoms with Gasteiger partial charge in [-0.05, 0) is 58.2 Å². The first-order valence-corrected chi connectivity index (χ1v) is 18.1. The van der Waals surface area contributed by atoms with E-state index in [1.807, 2.05) is 0 Å². The van der Waals surface area contributed by atoms with Crippen molar-refractivity contribution in [3.8, 4) is 0 Å². The second-order valence-corrected chi connectivity index (χ2v) is 20.5. The lowest BCUT2D eigenvalue weighted by molar-refractivity contribution is 0.0707. The average molecular weight is 396 g/mol. The van der Waals surface area contributed by atoms with Gasteiger partial charge in [-0.3, -0.25) is 0 Å². The third-order valence-electron chi connectivity index (χ3n) is 4.02. The molecular weight excluding hydrogens is 354 g/mol. The molecule has 0 saturated heterocycles. The first-order valence-electron chi connectivity index (χ1n) is 9.18. The van der Waals surface area contributed by atoms with Crippen LogP contribution in [0.1, 0.15) is 26.2 Å². The Morgan fingerprint density at radius 1 is 0.917 bits per heavy atom. The molecule has 0 aromatic rings. The van der Waals surface area contributed by atoms with Crippen LogP contribution in [0.25, 0.3) is 0 Å². The molecule has 0 bridgehead atoms. The predicted octanol–water partition coefficient (Wildman–Crippen LogP) is 3.85. The van der Waals surface area contributed by atoms with Crippen molar-refractivity contribution in [2.45, 2.75) is 77.2 Å². The summed E-state index contributed by atoms with van der Waals surface area (Å²) in [7, 11) is -4.14. The maximum absolute atomic E-state index is 6.57. The molecule has 0 aromatic heterocycles. The number of hydrogen-bond donors (Lipinski definition) is 1. The molecule has 0 rings (SSSR count). The molecule has 1 atom stereocenters. The third kappa shape index (κ3) is 11.1. The Kier molecular flexibility index (Phi) is 11.4. The lowest BCUT2D eigenvalue weighted by Gasteiger charge is -2.40. The fourth-order valence-corrected chi connectivity index (χ4v) is 16.9. The highest BCUT2D eigenvalue weighted by molar-refractivity contribution is 6.88. The highest BCUT2D eigenvalue weighted by Gasteiger charge is 2.41. The van der Waals surface area contributed by atoms with Crippen LogP contribution in [-0.4, -0.2) is 57.8 Å². The zero-order chi connectivity index (χ0) is 18.9. The molecule has 0 fully saturated rings. The predicted molar refractivity (Wildman–Crippen MR) is 110 cm³/mol. The molecular formula is C16H41NO4Si3. The average Bonchev–Trinajstić information content (AvgIpc) is 2.40. The van der Waals surface area contributed by atoms with Crippen molar-refractivity contribution < 1.29 is 17.7 Å². The van der Waals surface area contributed by atoms with Gasteiger partial charge in [0.05, 0.1) is 13.2 Å². The molecule has 24 heavy (non-hydrogen) atoms. The summed E-state index contributed by atoms with van der Waals surface area (Å²) in [6, 6.07) is 1.09. The van der Waals surface area contributed by atoms with E-state index in [0.29, 0.717) is 13.2 Å². The Labute approximate surface area is 153 Å². The molecule has 2 N–H and O–H groups in total. The number of hydrogen-bond acceptors (Lipinski definition) is 5. The lowest BCUT2D eigenvalue weighted by atomic mass is 10.3. The van der Waals surface area contributed by atoms with Crippen molar-refractivity contribution in [3.05, 3.63) is 0 Å². The van der Waals surface area contributed by atoms with E-state index < -0.39 is 25.2 Å². The molecule has 0 radical (unpaired) electrons. The fraction of sp³-hybridized carbons (Fsp3) is 1.00. The molecule has 0 heterocycles. The van der Waals surface area contributed by atoms with Crippen molar-refractivity contribution in [2.75, 3.05) is 26.9 Å². The minimum Gasteiger partial charge on any atom is -0.437 e. The van der Waals surface area contributed by atoms with Crippen LogP contribution in [-0.2, 0) is 17.7 Å². The summed E-state index contributed by atoms with van der Waals surface area (Å²) in [5, 5.41) is 0. The molecule has 0 aliphatic rings. The van der Waals surface area contributed by atoms with Gasteiger partial charge in [0.1, 0.15) is 0 Å². The van der Waals surface area contributed by atoms with Crippen LogP contribution in [0.3, 0.4) is 0 Å². The monoisotopic (exact) mass is 395 g/mol. The van der Waals surface area contributed by atoms with E-state index >= 15 is 0 Å². The molecule has 0 aliphatic heterocycles. The van der Waals surface area contributed by atoms with Crippen LogP contribution in [0, 0.1) is 0 Å². The molecule has 8 heteroatoms. The molecule has 146 valence electrons. The quantitative estimate of drug-likeness (QED) is 0.357. The van der Waals surface area contributed by atoms with Crippen LogP contribution in [0.2, 0.25) is 45.3 Å². The summed E-state index contributed by atoms with van der Waals surface area (Å²) in [6.45, 7) is 17.6. The highest BCUT2D eigenvalue weighted by Crippen LogP contribution is 2.25. The van der Waals surface area contributed by atoms with Gasteiger partial charge in [-0.1, -0.05) is 13.3 Å². The number of nitrogens with two attached hydrogens (primary N) is 1. The van der Waals surface area contributed by atoms with Gasteiger partial charge in [0, 0.05) is 19.4 Å². The van der Waals surface area contributed by atoms with E-state index in [0.717, 1.165) is 31.9 Å². The third-order valence-corrected chi connectivity index (χ3v) is 15.9. The lowest BCUT2D eigenvalue weighted by Crippen LogP contribution is -2.59. The van der Waals surface area contributed by atoms with Crippen LogP contribution >= 0.6 is 0 Å². The van der Waals surface area contributed by atoms with Gasteiger partial charge in [-0.2, -0.15) is 0 Å². The molecule has 1 unspecified atom stereocenters. The fourth-order valence-electron chi connectivity index (χ4n) is 2.95. The summed E-state index contributed by atoms with van der Waals surface area (Å²) in [6.07, 6.45) is 3.17. The number of ether oxygens (including phenoxy) is 2. The van der Waals surface area contributed by atoms with E-state index in [-0.39, 0.29) is 5.67 Å². The van der Waals surface area contributed by atoms with Crippen molar-refractivity contribution >= 4 is 25.2 Å². The van der Waals surface area contributed by atoms with E-state index in [2.05, 4.69) is 46.2 Å². The van der Waals surface area contributed by atoms with Gasteiger partial charge in [0.25, 0.3) is 0 Å². The highest BCUT2D eigenvalue weighted by atomic mass is 28.5. The first kappa shape index (κ1) is 24.5. The smallest absolute Gasteiger partial charge is 0.311 e. The second-order valence-electron chi connectivity index (χ2n) is 8.07. The van der Waals surface area contributed by atoms with Crippen LogP contribution in [0.4, 0.5) is 0 Å². The SMILES string of the molecule is CCCC(N)[Si](C)(C)O[Si](C)(C)O[Si](C)(C)CCCOCCOC. The van der Waals surface area contributed by atoms with Crippen molar-refractivity contribution in [3.63, 3.8) is 0 Å². The molecule has 0 aromatic carbocycles. The van der Waals surface area contributed by atoms with Gasteiger partial charge in [-0.15, -0.1) is 0 Å². The summed E-state index contributed by atoms with van der Waals surface area (Å²) in [5.74, 6) is 0. The minimum atomic E-state index is -2.16. The van der Waals surface area contributed by atoms with Crippen LogP contribution < -0.4 is 5.73 Å². The second kappa shape index (κ2) is 11.2.